The van der Waals surface area contributed by atoms with E-state index in [1.54, 1.807) is 0 Å². The Bertz CT molecular complexity index is 440. The van der Waals surface area contributed by atoms with Crippen molar-refractivity contribution in [1.82, 2.24) is 14.9 Å². The Balaban J connectivity index is 2.14. The van der Waals surface area contributed by atoms with E-state index < -0.39 is 0 Å². The van der Waals surface area contributed by atoms with Gasteiger partial charge in [0, 0.05) is 18.9 Å². The normalized spacial score (nSPS) is 21.9. The van der Waals surface area contributed by atoms with Crippen LogP contribution in [0.15, 0.2) is 30.6 Å². The van der Waals surface area contributed by atoms with Crippen LogP contribution in [-0.4, -0.2) is 22.7 Å². The molecule has 3 rings (SSSR count). The molecule has 1 aliphatic rings. The molecule has 0 radical (unpaired) electrons. The summed E-state index contributed by atoms with van der Waals surface area (Å²) >= 11 is 0. The minimum Gasteiger partial charge on any atom is -0.316 e. The summed E-state index contributed by atoms with van der Waals surface area (Å²) in [5.74, 6) is 0.662. The van der Waals surface area contributed by atoms with Gasteiger partial charge in [0.2, 0.25) is 0 Å². The van der Waals surface area contributed by atoms with Crippen LogP contribution in [-0.2, 0) is 0 Å². The van der Waals surface area contributed by atoms with E-state index in [2.05, 4.69) is 28.6 Å². The Hall–Kier alpha value is -1.35. The molecule has 1 unspecified atom stereocenters. The minimum atomic E-state index is 0.662. The maximum Gasteiger partial charge on any atom is 0.0696 e. The van der Waals surface area contributed by atoms with Crippen LogP contribution >= 0.6 is 0 Å². The molecule has 1 atom stereocenters. The topological polar surface area (TPSA) is 29.3 Å². The maximum atomic E-state index is 4.25. The van der Waals surface area contributed by atoms with Crippen LogP contribution in [0.5, 0.6) is 0 Å². The van der Waals surface area contributed by atoms with Gasteiger partial charge in [-0.3, -0.25) is 0 Å². The van der Waals surface area contributed by atoms with Crippen LogP contribution in [0.3, 0.4) is 0 Å². The summed E-state index contributed by atoms with van der Waals surface area (Å²) in [5, 5.41) is 7.65. The molecule has 14 heavy (non-hydrogen) atoms. The standard InChI is InChI=1S/C11H13N3/c1-2-10(9-3-5-12-8-9)11-4-6-13-14(11)7-1/h1-2,4,6-7,9,12H,3,5,8H2. The SMILES string of the molecule is c1cc(C2CCNC2)c2ccnn2c1. The number of aromatic nitrogens is 2. The lowest BCUT2D eigenvalue weighted by molar-refractivity contribution is 0.761. The quantitative estimate of drug-likeness (QED) is 0.731. The van der Waals surface area contributed by atoms with Gasteiger partial charge in [-0.2, -0.15) is 5.10 Å². The molecule has 1 aliphatic heterocycles. The highest BCUT2D eigenvalue weighted by Crippen LogP contribution is 2.25. The fraction of sp³-hybridized carbons (Fsp3) is 0.364. The first-order valence-electron chi connectivity index (χ1n) is 5.08. The Morgan fingerprint density at radius 3 is 3.29 bits per heavy atom. The number of nitrogens with one attached hydrogen (secondary N) is 1. The largest absolute Gasteiger partial charge is 0.316 e. The van der Waals surface area contributed by atoms with E-state index in [9.17, 15) is 0 Å². The lowest BCUT2D eigenvalue weighted by Crippen LogP contribution is -2.08. The molecule has 1 saturated heterocycles. The minimum absolute atomic E-state index is 0.662. The monoisotopic (exact) mass is 187 g/mol. The molecule has 3 nitrogen and oxygen atoms in total. The summed E-state index contributed by atoms with van der Waals surface area (Å²) in [5.41, 5.74) is 2.68. The van der Waals surface area contributed by atoms with Gasteiger partial charge in [0.05, 0.1) is 5.52 Å². The van der Waals surface area contributed by atoms with Crippen molar-refractivity contribution in [3.63, 3.8) is 0 Å². The van der Waals surface area contributed by atoms with Crippen LogP contribution in [0.1, 0.15) is 17.9 Å². The molecular weight excluding hydrogens is 174 g/mol. The third-order valence-electron chi connectivity index (χ3n) is 2.97. The summed E-state index contributed by atoms with van der Waals surface area (Å²) in [6, 6.07) is 6.38. The summed E-state index contributed by atoms with van der Waals surface area (Å²) < 4.78 is 1.95. The van der Waals surface area contributed by atoms with E-state index in [-0.39, 0.29) is 0 Å². The zero-order chi connectivity index (χ0) is 9.38. The van der Waals surface area contributed by atoms with Gasteiger partial charge in [-0.15, -0.1) is 0 Å². The van der Waals surface area contributed by atoms with Crippen molar-refractivity contribution in [2.75, 3.05) is 13.1 Å². The highest BCUT2D eigenvalue weighted by molar-refractivity contribution is 5.55. The van der Waals surface area contributed by atoms with Crippen molar-refractivity contribution in [3.8, 4) is 0 Å². The van der Waals surface area contributed by atoms with E-state index in [4.69, 9.17) is 0 Å². The van der Waals surface area contributed by atoms with Crippen molar-refractivity contribution in [1.29, 1.82) is 0 Å². The molecule has 0 aliphatic carbocycles. The highest BCUT2D eigenvalue weighted by atomic mass is 15.2. The molecule has 3 heteroatoms. The van der Waals surface area contributed by atoms with Crippen LogP contribution in [0.4, 0.5) is 0 Å². The average molecular weight is 187 g/mol. The first-order valence-corrected chi connectivity index (χ1v) is 5.08. The predicted octanol–water partition coefficient (Wildman–Crippen LogP) is 1.41. The molecule has 0 amide bonds. The molecule has 0 spiro atoms. The first kappa shape index (κ1) is 8.00. The average Bonchev–Trinajstić information content (AvgIpc) is 2.88. The third kappa shape index (κ3) is 1.13. The fourth-order valence-electron chi connectivity index (χ4n) is 2.24. The lowest BCUT2D eigenvalue weighted by atomic mass is 9.98. The van der Waals surface area contributed by atoms with Gasteiger partial charge in [-0.05, 0) is 36.6 Å². The Labute approximate surface area is 82.7 Å². The van der Waals surface area contributed by atoms with Gasteiger partial charge in [0.25, 0.3) is 0 Å². The van der Waals surface area contributed by atoms with Gasteiger partial charge < -0.3 is 5.32 Å². The summed E-state index contributed by atoms with van der Waals surface area (Å²) in [6.07, 6.45) is 5.10. The van der Waals surface area contributed by atoms with Crippen molar-refractivity contribution in [2.45, 2.75) is 12.3 Å². The third-order valence-corrected chi connectivity index (χ3v) is 2.97. The smallest absolute Gasteiger partial charge is 0.0696 e. The zero-order valence-corrected chi connectivity index (χ0v) is 7.98. The maximum absolute atomic E-state index is 4.25. The first-order chi connectivity index (χ1) is 6.95. The lowest BCUT2D eigenvalue weighted by Gasteiger charge is -2.09. The molecule has 1 fully saturated rings. The highest BCUT2D eigenvalue weighted by Gasteiger charge is 2.18. The molecule has 72 valence electrons. The summed E-state index contributed by atoms with van der Waals surface area (Å²) in [4.78, 5) is 0. The van der Waals surface area contributed by atoms with Crippen LogP contribution < -0.4 is 5.32 Å². The molecule has 1 N–H and O–H groups in total. The number of rotatable bonds is 1. The summed E-state index contributed by atoms with van der Waals surface area (Å²) in [7, 11) is 0. The second kappa shape index (κ2) is 3.10. The van der Waals surface area contributed by atoms with Crippen molar-refractivity contribution < 1.29 is 0 Å². The van der Waals surface area contributed by atoms with Gasteiger partial charge in [-0.1, -0.05) is 6.07 Å². The number of pyridine rings is 1. The van der Waals surface area contributed by atoms with Crippen LogP contribution in [0, 0.1) is 0 Å². The molecule has 2 aromatic heterocycles. The molecule has 0 bridgehead atoms. The second-order valence-electron chi connectivity index (χ2n) is 3.81. The van der Waals surface area contributed by atoms with E-state index in [1.165, 1.54) is 17.5 Å². The van der Waals surface area contributed by atoms with E-state index >= 15 is 0 Å². The van der Waals surface area contributed by atoms with E-state index in [1.807, 2.05) is 16.9 Å². The van der Waals surface area contributed by atoms with Crippen molar-refractivity contribution in [3.05, 3.63) is 36.2 Å². The molecule has 2 aromatic rings. The second-order valence-corrected chi connectivity index (χ2v) is 3.81. The number of hydrogen-bond acceptors (Lipinski definition) is 2. The predicted molar refractivity (Wildman–Crippen MR) is 55.4 cm³/mol. The van der Waals surface area contributed by atoms with Gasteiger partial charge in [-0.25, -0.2) is 4.52 Å². The van der Waals surface area contributed by atoms with Crippen LogP contribution in [0.25, 0.3) is 5.52 Å². The Kier molecular flexibility index (Phi) is 1.77. The van der Waals surface area contributed by atoms with Crippen molar-refractivity contribution in [2.24, 2.45) is 0 Å². The number of nitrogens with zero attached hydrogens (tertiary/aromatic N) is 2. The number of fused-ring (bicyclic) bond motifs is 1. The van der Waals surface area contributed by atoms with Gasteiger partial charge in [0.1, 0.15) is 0 Å². The Morgan fingerprint density at radius 2 is 2.43 bits per heavy atom. The molecule has 0 saturated carbocycles. The fourth-order valence-corrected chi connectivity index (χ4v) is 2.24. The van der Waals surface area contributed by atoms with Crippen molar-refractivity contribution >= 4 is 5.52 Å². The van der Waals surface area contributed by atoms with E-state index in [0.29, 0.717) is 5.92 Å². The summed E-state index contributed by atoms with van der Waals surface area (Å²) in [6.45, 7) is 2.24. The van der Waals surface area contributed by atoms with Gasteiger partial charge >= 0.3 is 0 Å². The Morgan fingerprint density at radius 1 is 1.43 bits per heavy atom. The zero-order valence-electron chi connectivity index (χ0n) is 7.98. The molecule has 0 aromatic carbocycles. The molecule has 3 heterocycles. The van der Waals surface area contributed by atoms with Crippen LogP contribution in [0.2, 0.25) is 0 Å². The van der Waals surface area contributed by atoms with E-state index in [0.717, 1.165) is 13.1 Å². The number of hydrogen-bond donors (Lipinski definition) is 1. The van der Waals surface area contributed by atoms with Gasteiger partial charge in [0.15, 0.2) is 0 Å². The molecular formula is C11H13N3.